The summed E-state index contributed by atoms with van der Waals surface area (Å²) in [5.74, 6) is -0.584. The molecule has 0 radical (unpaired) electrons. The molecule has 0 bridgehead atoms. The third-order valence-corrected chi connectivity index (χ3v) is 5.26. The maximum atomic E-state index is 13.1. The molecule has 5 nitrogen and oxygen atoms in total. The van der Waals surface area contributed by atoms with E-state index in [2.05, 4.69) is 19.2 Å². The second-order valence-electron chi connectivity index (χ2n) is 6.48. The van der Waals surface area contributed by atoms with Crippen LogP contribution < -0.4 is 9.62 Å². The molecule has 0 spiro atoms. The molecule has 1 atom stereocenters. The summed E-state index contributed by atoms with van der Waals surface area (Å²) in [6, 6.07) is 11.4. The summed E-state index contributed by atoms with van der Waals surface area (Å²) >= 11 is 0. The Labute approximate surface area is 153 Å². The summed E-state index contributed by atoms with van der Waals surface area (Å²) in [6.45, 7) is 5.63. The van der Waals surface area contributed by atoms with E-state index >= 15 is 0 Å². The van der Waals surface area contributed by atoms with E-state index in [0.717, 1.165) is 28.3 Å². The number of carbonyl (C=O) groups excluding carboxylic acids is 1. The molecule has 0 aliphatic carbocycles. The molecule has 0 aliphatic rings. The normalized spacial score (nSPS) is 12.7. The summed E-state index contributed by atoms with van der Waals surface area (Å²) in [5, 5.41) is 2.72. The first-order valence-corrected chi connectivity index (χ1v) is 10.1. The first-order chi connectivity index (χ1) is 12.1. The van der Waals surface area contributed by atoms with Gasteiger partial charge in [-0.3, -0.25) is 9.10 Å². The summed E-state index contributed by atoms with van der Waals surface area (Å²) in [4.78, 5) is 12.6. The van der Waals surface area contributed by atoms with Gasteiger partial charge in [-0.2, -0.15) is 0 Å². The molecule has 0 saturated heterocycles. The van der Waals surface area contributed by atoms with Gasteiger partial charge in [0.15, 0.2) is 0 Å². The Morgan fingerprint density at radius 3 is 2.00 bits per heavy atom. The zero-order valence-corrected chi connectivity index (χ0v) is 16.0. The fraction of sp³-hybridized carbons (Fsp3) is 0.316. The molecule has 0 aliphatic heterocycles. The minimum Gasteiger partial charge on any atom is -0.324 e. The van der Waals surface area contributed by atoms with Crippen LogP contribution >= 0.6 is 0 Å². The summed E-state index contributed by atoms with van der Waals surface area (Å²) in [5.41, 5.74) is 1.95. The van der Waals surface area contributed by atoms with Gasteiger partial charge in [0.2, 0.25) is 15.9 Å². The highest BCUT2D eigenvalue weighted by Gasteiger charge is 2.29. The molecule has 1 amide bonds. The molecule has 7 heteroatoms. The van der Waals surface area contributed by atoms with Crippen LogP contribution in [0.1, 0.15) is 32.3 Å². The Morgan fingerprint density at radius 1 is 1.00 bits per heavy atom. The average Bonchev–Trinajstić information content (AvgIpc) is 2.56. The largest absolute Gasteiger partial charge is 0.324 e. The van der Waals surface area contributed by atoms with Crippen LogP contribution in [0.4, 0.5) is 15.8 Å². The molecule has 2 rings (SSSR count). The van der Waals surface area contributed by atoms with Gasteiger partial charge < -0.3 is 5.32 Å². The number of rotatable bonds is 6. The lowest BCUT2D eigenvalue weighted by atomic mass is 10.0. The first-order valence-electron chi connectivity index (χ1n) is 8.25. The fourth-order valence-electron chi connectivity index (χ4n) is 2.59. The minimum absolute atomic E-state index is 0.228. The van der Waals surface area contributed by atoms with Crippen molar-refractivity contribution in [3.05, 3.63) is 59.9 Å². The van der Waals surface area contributed by atoms with E-state index < -0.39 is 27.8 Å². The lowest BCUT2D eigenvalue weighted by Gasteiger charge is -2.28. The first kappa shape index (κ1) is 19.9. The summed E-state index contributed by atoms with van der Waals surface area (Å²) in [6.07, 6.45) is 1.01. The molecule has 0 unspecified atom stereocenters. The number of hydrogen-bond donors (Lipinski definition) is 1. The van der Waals surface area contributed by atoms with Crippen LogP contribution in [0.5, 0.6) is 0 Å². The molecule has 2 aromatic rings. The second-order valence-corrected chi connectivity index (χ2v) is 8.34. The third-order valence-electron chi connectivity index (χ3n) is 4.01. The number of nitrogens with zero attached hydrogens (tertiary/aromatic N) is 1. The van der Waals surface area contributed by atoms with Gasteiger partial charge in [-0.15, -0.1) is 0 Å². The van der Waals surface area contributed by atoms with Crippen LogP contribution in [-0.4, -0.2) is 26.6 Å². The monoisotopic (exact) mass is 378 g/mol. The SMILES string of the molecule is CC(C)c1ccc(NC(=O)[C@@H](C)N(c2ccc(F)cc2)S(C)(=O)=O)cc1. The van der Waals surface area contributed by atoms with Gasteiger partial charge in [-0.05, 0) is 54.8 Å². The number of benzene rings is 2. The van der Waals surface area contributed by atoms with Crippen molar-refractivity contribution >= 4 is 27.3 Å². The number of amides is 1. The van der Waals surface area contributed by atoms with E-state index in [4.69, 9.17) is 0 Å². The Morgan fingerprint density at radius 2 is 1.54 bits per heavy atom. The van der Waals surface area contributed by atoms with E-state index in [1.54, 1.807) is 12.1 Å². The fourth-order valence-corrected chi connectivity index (χ4v) is 3.77. The topological polar surface area (TPSA) is 66.5 Å². The van der Waals surface area contributed by atoms with Gasteiger partial charge in [-0.1, -0.05) is 26.0 Å². The lowest BCUT2D eigenvalue weighted by Crippen LogP contribution is -2.45. The Bertz CT molecular complexity index is 863. The van der Waals surface area contributed by atoms with Gasteiger partial charge in [0, 0.05) is 5.69 Å². The molecule has 0 saturated carbocycles. The van der Waals surface area contributed by atoms with Crippen molar-refractivity contribution in [2.75, 3.05) is 15.9 Å². The number of hydrogen-bond acceptors (Lipinski definition) is 3. The van der Waals surface area contributed by atoms with E-state index in [-0.39, 0.29) is 5.69 Å². The average molecular weight is 378 g/mol. The van der Waals surface area contributed by atoms with E-state index in [9.17, 15) is 17.6 Å². The molecule has 2 aromatic carbocycles. The van der Waals surface area contributed by atoms with Gasteiger partial charge in [-0.25, -0.2) is 12.8 Å². The highest BCUT2D eigenvalue weighted by Crippen LogP contribution is 2.22. The van der Waals surface area contributed by atoms with Crippen LogP contribution in [0, 0.1) is 5.82 Å². The van der Waals surface area contributed by atoms with Crippen molar-refractivity contribution in [2.45, 2.75) is 32.7 Å². The van der Waals surface area contributed by atoms with E-state index in [0.29, 0.717) is 11.6 Å². The predicted octanol–water partition coefficient (Wildman–Crippen LogP) is 3.74. The van der Waals surface area contributed by atoms with E-state index in [1.165, 1.54) is 19.1 Å². The quantitative estimate of drug-likeness (QED) is 0.833. The summed E-state index contributed by atoms with van der Waals surface area (Å²) < 4.78 is 38.5. The van der Waals surface area contributed by atoms with Crippen LogP contribution in [0.2, 0.25) is 0 Å². The highest BCUT2D eigenvalue weighted by molar-refractivity contribution is 7.92. The van der Waals surface area contributed by atoms with Gasteiger partial charge in [0.1, 0.15) is 11.9 Å². The van der Waals surface area contributed by atoms with Crippen LogP contribution in [-0.2, 0) is 14.8 Å². The van der Waals surface area contributed by atoms with Crippen LogP contribution in [0.25, 0.3) is 0 Å². The van der Waals surface area contributed by atoms with E-state index in [1.807, 2.05) is 12.1 Å². The van der Waals surface area contributed by atoms with Crippen molar-refractivity contribution in [3.8, 4) is 0 Å². The highest BCUT2D eigenvalue weighted by atomic mass is 32.2. The minimum atomic E-state index is -3.74. The molecule has 0 fully saturated rings. The molecular weight excluding hydrogens is 355 g/mol. The zero-order valence-electron chi connectivity index (χ0n) is 15.2. The van der Waals surface area contributed by atoms with Crippen molar-refractivity contribution in [2.24, 2.45) is 0 Å². The molecule has 1 N–H and O–H groups in total. The van der Waals surface area contributed by atoms with Gasteiger partial charge in [0.05, 0.1) is 11.9 Å². The van der Waals surface area contributed by atoms with Crippen molar-refractivity contribution in [1.29, 1.82) is 0 Å². The number of carbonyl (C=O) groups is 1. The van der Waals surface area contributed by atoms with Gasteiger partial charge >= 0.3 is 0 Å². The Balaban J connectivity index is 2.23. The standard InChI is InChI=1S/C19H23FN2O3S/c1-13(2)15-5-9-17(10-6-15)21-19(23)14(3)22(26(4,24)25)18-11-7-16(20)8-12-18/h5-14H,1-4H3,(H,21,23)/t14-/m1/s1. The number of nitrogens with one attached hydrogen (secondary N) is 1. The maximum Gasteiger partial charge on any atom is 0.247 e. The maximum absolute atomic E-state index is 13.1. The van der Waals surface area contributed by atoms with Gasteiger partial charge in [0.25, 0.3) is 0 Å². The molecule has 26 heavy (non-hydrogen) atoms. The second kappa shape index (κ2) is 7.86. The summed E-state index contributed by atoms with van der Waals surface area (Å²) in [7, 11) is -3.74. The lowest BCUT2D eigenvalue weighted by molar-refractivity contribution is -0.116. The van der Waals surface area contributed by atoms with Crippen molar-refractivity contribution in [1.82, 2.24) is 0 Å². The Kier molecular flexibility index (Phi) is 6.02. The zero-order chi connectivity index (χ0) is 19.5. The smallest absolute Gasteiger partial charge is 0.247 e. The van der Waals surface area contributed by atoms with Crippen LogP contribution in [0.15, 0.2) is 48.5 Å². The van der Waals surface area contributed by atoms with Crippen molar-refractivity contribution < 1.29 is 17.6 Å². The Hall–Kier alpha value is -2.41. The third kappa shape index (κ3) is 4.82. The van der Waals surface area contributed by atoms with Crippen molar-refractivity contribution in [3.63, 3.8) is 0 Å². The predicted molar refractivity (Wildman–Crippen MR) is 102 cm³/mol. The number of anilines is 2. The number of sulfonamides is 1. The molecule has 0 heterocycles. The molecule has 0 aromatic heterocycles. The van der Waals surface area contributed by atoms with Crippen LogP contribution in [0.3, 0.4) is 0 Å². The molecular formula is C19H23FN2O3S. The molecule has 140 valence electrons. The number of halogens is 1.